The number of halogens is 1. The molecule has 3 N–H and O–H groups in total. The SMILES string of the molecule is Cc1[nH]cnc1CNC(=O)Cn1c(C)ccc(NS(=O)(=O)Cc2ccc(Cl)cc2)c1=O. The van der Waals surface area contributed by atoms with Gasteiger partial charge in [-0.05, 0) is 43.7 Å². The summed E-state index contributed by atoms with van der Waals surface area (Å²) >= 11 is 5.82. The predicted molar refractivity (Wildman–Crippen MR) is 118 cm³/mol. The molecule has 0 unspecified atom stereocenters. The molecule has 0 saturated carbocycles. The molecule has 9 nitrogen and oxygen atoms in total. The van der Waals surface area contributed by atoms with Crippen LogP contribution in [0.25, 0.3) is 0 Å². The number of anilines is 1. The van der Waals surface area contributed by atoms with Crippen LogP contribution in [0.4, 0.5) is 5.69 Å². The van der Waals surface area contributed by atoms with Crippen molar-refractivity contribution in [1.82, 2.24) is 19.9 Å². The molecular weight excluding hydrogens is 442 g/mol. The summed E-state index contributed by atoms with van der Waals surface area (Å²) in [5, 5.41) is 3.20. The van der Waals surface area contributed by atoms with Gasteiger partial charge in [0.15, 0.2) is 0 Å². The van der Waals surface area contributed by atoms with Crippen LogP contribution in [-0.2, 0) is 33.7 Å². The quantitative estimate of drug-likeness (QED) is 0.471. The van der Waals surface area contributed by atoms with E-state index in [1.54, 1.807) is 37.3 Å². The molecule has 0 aliphatic rings. The summed E-state index contributed by atoms with van der Waals surface area (Å²) in [4.78, 5) is 32.2. The lowest BCUT2D eigenvalue weighted by Gasteiger charge is -2.13. The minimum Gasteiger partial charge on any atom is -0.349 e. The molecule has 0 atom stereocenters. The fourth-order valence-corrected chi connectivity index (χ4v) is 4.22. The molecule has 3 rings (SSSR count). The second-order valence-electron chi connectivity index (χ2n) is 7.02. The van der Waals surface area contributed by atoms with Crippen LogP contribution < -0.4 is 15.6 Å². The number of aromatic nitrogens is 3. The minimum atomic E-state index is -3.84. The van der Waals surface area contributed by atoms with E-state index in [9.17, 15) is 18.0 Å². The number of H-pyrrole nitrogens is 1. The van der Waals surface area contributed by atoms with Crippen molar-refractivity contribution in [1.29, 1.82) is 0 Å². The molecule has 3 aromatic rings. The Morgan fingerprint density at radius 1 is 1.16 bits per heavy atom. The number of aromatic amines is 1. The third kappa shape index (κ3) is 5.96. The number of carbonyl (C=O) groups is 1. The maximum absolute atomic E-state index is 12.8. The van der Waals surface area contributed by atoms with Gasteiger partial charge in [-0.2, -0.15) is 0 Å². The summed E-state index contributed by atoms with van der Waals surface area (Å²) in [7, 11) is -3.84. The van der Waals surface area contributed by atoms with Crippen LogP contribution in [0.15, 0.2) is 47.5 Å². The van der Waals surface area contributed by atoms with Crippen LogP contribution >= 0.6 is 11.6 Å². The van der Waals surface area contributed by atoms with Gasteiger partial charge in [0.2, 0.25) is 15.9 Å². The molecule has 0 saturated heterocycles. The molecule has 11 heteroatoms. The van der Waals surface area contributed by atoms with Gasteiger partial charge in [-0.25, -0.2) is 13.4 Å². The zero-order chi connectivity index (χ0) is 22.6. The number of amides is 1. The largest absolute Gasteiger partial charge is 0.349 e. The van der Waals surface area contributed by atoms with Gasteiger partial charge in [0.25, 0.3) is 5.56 Å². The van der Waals surface area contributed by atoms with E-state index in [-0.39, 0.29) is 24.5 Å². The first-order chi connectivity index (χ1) is 14.6. The summed E-state index contributed by atoms with van der Waals surface area (Å²) in [6.07, 6.45) is 1.53. The van der Waals surface area contributed by atoms with E-state index in [4.69, 9.17) is 11.6 Å². The van der Waals surface area contributed by atoms with E-state index >= 15 is 0 Å². The van der Waals surface area contributed by atoms with Crippen molar-refractivity contribution in [2.45, 2.75) is 32.7 Å². The first kappa shape index (κ1) is 22.6. The fourth-order valence-electron chi connectivity index (χ4n) is 2.90. The highest BCUT2D eigenvalue weighted by molar-refractivity contribution is 7.91. The van der Waals surface area contributed by atoms with E-state index < -0.39 is 21.5 Å². The van der Waals surface area contributed by atoms with Crippen molar-refractivity contribution in [3.05, 3.63) is 80.7 Å². The van der Waals surface area contributed by atoms with E-state index in [0.29, 0.717) is 22.0 Å². The zero-order valence-corrected chi connectivity index (χ0v) is 18.5. The Morgan fingerprint density at radius 3 is 2.52 bits per heavy atom. The van der Waals surface area contributed by atoms with Crippen molar-refractivity contribution in [3.8, 4) is 0 Å². The third-order valence-corrected chi connectivity index (χ3v) is 6.11. The average molecular weight is 464 g/mol. The molecule has 0 aliphatic heterocycles. The van der Waals surface area contributed by atoms with Crippen LogP contribution in [-0.4, -0.2) is 28.9 Å². The number of nitrogens with one attached hydrogen (secondary N) is 3. The highest BCUT2D eigenvalue weighted by Crippen LogP contribution is 2.14. The summed E-state index contributed by atoms with van der Waals surface area (Å²) in [5.74, 6) is -0.713. The number of hydrogen-bond donors (Lipinski definition) is 3. The lowest BCUT2D eigenvalue weighted by molar-refractivity contribution is -0.121. The number of hydrogen-bond acceptors (Lipinski definition) is 5. The van der Waals surface area contributed by atoms with Crippen LogP contribution in [0, 0.1) is 13.8 Å². The fraction of sp³-hybridized carbons (Fsp3) is 0.250. The number of aryl methyl sites for hydroxylation is 2. The molecule has 2 heterocycles. The molecule has 0 bridgehead atoms. The van der Waals surface area contributed by atoms with Crippen molar-refractivity contribution < 1.29 is 13.2 Å². The summed E-state index contributed by atoms with van der Waals surface area (Å²) in [6, 6.07) is 9.34. The monoisotopic (exact) mass is 463 g/mol. The van der Waals surface area contributed by atoms with Gasteiger partial charge >= 0.3 is 0 Å². The zero-order valence-electron chi connectivity index (χ0n) is 17.0. The average Bonchev–Trinajstić information content (AvgIpc) is 3.12. The Balaban J connectivity index is 1.72. The second kappa shape index (κ2) is 9.36. The van der Waals surface area contributed by atoms with Gasteiger partial charge in [0, 0.05) is 16.4 Å². The molecule has 0 radical (unpaired) electrons. The Hall–Kier alpha value is -3.11. The number of pyridine rings is 1. The Labute approximate surface area is 184 Å². The second-order valence-corrected chi connectivity index (χ2v) is 9.18. The highest BCUT2D eigenvalue weighted by Gasteiger charge is 2.17. The normalized spacial score (nSPS) is 11.3. The van der Waals surface area contributed by atoms with Crippen molar-refractivity contribution >= 4 is 33.2 Å². The number of nitrogens with zero attached hydrogens (tertiary/aromatic N) is 2. The van der Waals surface area contributed by atoms with Gasteiger partial charge in [0.05, 0.1) is 24.3 Å². The topological polar surface area (TPSA) is 126 Å². The van der Waals surface area contributed by atoms with E-state index in [0.717, 1.165) is 5.69 Å². The van der Waals surface area contributed by atoms with E-state index in [1.165, 1.54) is 17.0 Å². The molecule has 0 spiro atoms. The number of benzene rings is 1. The van der Waals surface area contributed by atoms with Crippen LogP contribution in [0.5, 0.6) is 0 Å². The summed E-state index contributed by atoms with van der Waals surface area (Å²) in [6.45, 7) is 3.47. The first-order valence-electron chi connectivity index (χ1n) is 9.35. The standard InChI is InChI=1S/C20H22ClN5O4S/c1-13-3-8-17(25-31(29,30)11-15-4-6-16(21)7-5-15)20(28)26(13)10-19(27)22-9-18-14(2)23-12-24-18/h3-8,12,25H,9-11H2,1-2H3,(H,22,27)(H,23,24). The molecule has 1 amide bonds. The molecule has 2 aromatic heterocycles. The van der Waals surface area contributed by atoms with Crippen LogP contribution in [0.1, 0.15) is 22.6 Å². The van der Waals surface area contributed by atoms with Gasteiger partial charge in [-0.3, -0.25) is 14.3 Å². The Kier molecular flexibility index (Phi) is 6.81. The lowest BCUT2D eigenvalue weighted by Crippen LogP contribution is -2.34. The smallest absolute Gasteiger partial charge is 0.275 e. The first-order valence-corrected chi connectivity index (χ1v) is 11.4. The third-order valence-electron chi connectivity index (χ3n) is 4.62. The van der Waals surface area contributed by atoms with Crippen molar-refractivity contribution in [2.24, 2.45) is 0 Å². The maximum Gasteiger partial charge on any atom is 0.275 e. The summed E-state index contributed by atoms with van der Waals surface area (Å²) in [5.41, 5.74) is 1.85. The van der Waals surface area contributed by atoms with Gasteiger partial charge in [0.1, 0.15) is 12.2 Å². The molecule has 31 heavy (non-hydrogen) atoms. The number of carbonyl (C=O) groups excluding carboxylic acids is 1. The highest BCUT2D eigenvalue weighted by atomic mass is 35.5. The van der Waals surface area contributed by atoms with Gasteiger partial charge in [-0.15, -0.1) is 0 Å². The molecule has 0 aliphatic carbocycles. The maximum atomic E-state index is 12.8. The van der Waals surface area contributed by atoms with Gasteiger partial charge < -0.3 is 14.9 Å². The predicted octanol–water partition coefficient (Wildman–Crippen LogP) is 2.10. The number of rotatable bonds is 8. The van der Waals surface area contributed by atoms with Crippen LogP contribution in [0.3, 0.4) is 0 Å². The lowest BCUT2D eigenvalue weighted by atomic mass is 10.2. The van der Waals surface area contributed by atoms with Crippen molar-refractivity contribution in [2.75, 3.05) is 4.72 Å². The summed E-state index contributed by atoms with van der Waals surface area (Å²) < 4.78 is 28.5. The Bertz CT molecular complexity index is 1250. The molecule has 0 fully saturated rings. The van der Waals surface area contributed by atoms with E-state index in [2.05, 4.69) is 20.0 Å². The van der Waals surface area contributed by atoms with Crippen LogP contribution in [0.2, 0.25) is 5.02 Å². The van der Waals surface area contributed by atoms with Gasteiger partial charge in [-0.1, -0.05) is 23.7 Å². The minimum absolute atomic E-state index is 0.129. The molecular formula is C20H22ClN5O4S. The number of imidazole rings is 1. The Morgan fingerprint density at radius 2 is 1.87 bits per heavy atom. The molecule has 1 aromatic carbocycles. The van der Waals surface area contributed by atoms with E-state index in [1.807, 2.05) is 6.92 Å². The van der Waals surface area contributed by atoms with Crippen molar-refractivity contribution in [3.63, 3.8) is 0 Å². The molecule has 164 valence electrons. The number of sulfonamides is 1.